The van der Waals surface area contributed by atoms with Crippen LogP contribution in [0.3, 0.4) is 0 Å². The molecule has 0 aliphatic carbocycles. The van der Waals surface area contributed by atoms with Crippen molar-refractivity contribution in [1.82, 2.24) is 9.88 Å². The summed E-state index contributed by atoms with van der Waals surface area (Å²) in [7, 11) is 0. The second-order valence-electron chi connectivity index (χ2n) is 5.38. The number of anilines is 1. The molecular formula is C17H29N3O. The molecule has 1 amide bonds. The minimum Gasteiger partial charge on any atom is -0.385 e. The van der Waals surface area contributed by atoms with Gasteiger partial charge in [0.15, 0.2) is 0 Å². The summed E-state index contributed by atoms with van der Waals surface area (Å²) in [4.78, 5) is 18.8. The number of hydrogen-bond donors (Lipinski definition) is 1. The van der Waals surface area contributed by atoms with E-state index >= 15 is 0 Å². The molecule has 1 rings (SSSR count). The monoisotopic (exact) mass is 291 g/mol. The number of carbonyl (C=O) groups excluding carboxylic acids is 1. The Hall–Kier alpha value is -1.58. The number of pyridine rings is 1. The van der Waals surface area contributed by atoms with Gasteiger partial charge in [-0.25, -0.2) is 0 Å². The van der Waals surface area contributed by atoms with E-state index in [0.29, 0.717) is 11.6 Å². The van der Waals surface area contributed by atoms with Gasteiger partial charge in [0.2, 0.25) is 0 Å². The summed E-state index contributed by atoms with van der Waals surface area (Å²) >= 11 is 0. The number of aromatic nitrogens is 1. The highest BCUT2D eigenvalue weighted by Gasteiger charge is 2.18. The van der Waals surface area contributed by atoms with Gasteiger partial charge in [-0.2, -0.15) is 0 Å². The zero-order valence-electron chi connectivity index (χ0n) is 13.9. The van der Waals surface area contributed by atoms with Crippen LogP contribution in [0.5, 0.6) is 0 Å². The topological polar surface area (TPSA) is 45.2 Å². The van der Waals surface area contributed by atoms with E-state index < -0.39 is 0 Å². The molecule has 0 radical (unpaired) electrons. The molecule has 0 fully saturated rings. The van der Waals surface area contributed by atoms with Crippen molar-refractivity contribution in [3.05, 3.63) is 24.0 Å². The van der Waals surface area contributed by atoms with Crippen LogP contribution < -0.4 is 5.32 Å². The first-order valence-electron chi connectivity index (χ1n) is 8.15. The molecule has 0 spiro atoms. The Kier molecular flexibility index (Phi) is 7.80. The highest BCUT2D eigenvalue weighted by atomic mass is 16.2. The third kappa shape index (κ3) is 5.37. The van der Waals surface area contributed by atoms with E-state index in [1.807, 2.05) is 24.0 Å². The van der Waals surface area contributed by atoms with Crippen LogP contribution in [0, 0.1) is 5.92 Å². The fraction of sp³-hybridized carbons (Fsp3) is 0.647. The number of hydrogen-bond acceptors (Lipinski definition) is 3. The summed E-state index contributed by atoms with van der Waals surface area (Å²) in [6.07, 6.45) is 4.97. The van der Waals surface area contributed by atoms with Crippen molar-refractivity contribution >= 4 is 11.6 Å². The molecule has 0 atom stereocenters. The van der Waals surface area contributed by atoms with Gasteiger partial charge in [-0.15, -0.1) is 0 Å². The van der Waals surface area contributed by atoms with Gasteiger partial charge in [-0.05, 0) is 31.4 Å². The molecule has 21 heavy (non-hydrogen) atoms. The van der Waals surface area contributed by atoms with Crippen molar-refractivity contribution in [3.63, 3.8) is 0 Å². The second-order valence-corrected chi connectivity index (χ2v) is 5.38. The highest BCUT2D eigenvalue weighted by molar-refractivity contribution is 5.93. The smallest absolute Gasteiger partial charge is 0.272 e. The van der Waals surface area contributed by atoms with Crippen molar-refractivity contribution in [2.75, 3.05) is 25.0 Å². The maximum Gasteiger partial charge on any atom is 0.272 e. The summed E-state index contributed by atoms with van der Waals surface area (Å²) in [5, 5.41) is 3.30. The third-order valence-corrected chi connectivity index (χ3v) is 3.86. The van der Waals surface area contributed by atoms with Crippen LogP contribution in [0.2, 0.25) is 0 Å². The molecule has 1 aromatic rings. The lowest BCUT2D eigenvalue weighted by Gasteiger charge is -2.25. The fourth-order valence-corrected chi connectivity index (χ4v) is 2.30. The molecule has 0 aliphatic rings. The first kappa shape index (κ1) is 17.5. The van der Waals surface area contributed by atoms with Gasteiger partial charge in [-0.1, -0.05) is 33.6 Å². The van der Waals surface area contributed by atoms with Gasteiger partial charge in [0, 0.05) is 31.5 Å². The molecule has 0 aliphatic heterocycles. The van der Waals surface area contributed by atoms with E-state index in [1.54, 1.807) is 6.20 Å². The van der Waals surface area contributed by atoms with Gasteiger partial charge >= 0.3 is 0 Å². The van der Waals surface area contributed by atoms with Crippen LogP contribution in [0.15, 0.2) is 18.3 Å². The Bertz CT molecular complexity index is 430. The molecule has 0 unspecified atom stereocenters. The molecule has 1 N–H and O–H groups in total. The molecule has 4 nitrogen and oxygen atoms in total. The van der Waals surface area contributed by atoms with Crippen LogP contribution in [0.4, 0.5) is 5.69 Å². The van der Waals surface area contributed by atoms with E-state index in [9.17, 15) is 4.79 Å². The molecule has 0 saturated carbocycles. The van der Waals surface area contributed by atoms with Crippen LogP contribution >= 0.6 is 0 Å². The number of rotatable bonds is 9. The number of nitrogens with one attached hydrogen (secondary N) is 1. The SMILES string of the molecule is CCCNc1ccnc(C(=O)N(CC)CC(CC)CC)c1. The summed E-state index contributed by atoms with van der Waals surface area (Å²) in [6.45, 7) is 11.0. The standard InChI is InChI=1S/C17H29N3O/c1-5-10-18-15-9-11-19-16(12-15)17(21)20(8-4)13-14(6-2)7-3/h9,11-12,14H,5-8,10,13H2,1-4H3,(H,18,19). The van der Waals surface area contributed by atoms with Crippen LogP contribution in [-0.4, -0.2) is 35.4 Å². The normalized spacial score (nSPS) is 10.7. The third-order valence-electron chi connectivity index (χ3n) is 3.86. The Balaban J connectivity index is 2.79. The Morgan fingerprint density at radius 2 is 2.00 bits per heavy atom. The second kappa shape index (κ2) is 9.37. The zero-order chi connectivity index (χ0) is 15.7. The van der Waals surface area contributed by atoms with Gasteiger partial charge < -0.3 is 10.2 Å². The van der Waals surface area contributed by atoms with Crippen molar-refractivity contribution in [2.24, 2.45) is 5.92 Å². The van der Waals surface area contributed by atoms with Crippen molar-refractivity contribution < 1.29 is 4.79 Å². The molecular weight excluding hydrogens is 262 g/mol. The quantitative estimate of drug-likeness (QED) is 0.752. The number of amides is 1. The van der Waals surface area contributed by atoms with Crippen LogP contribution in [-0.2, 0) is 0 Å². The minimum absolute atomic E-state index is 0.0320. The summed E-state index contributed by atoms with van der Waals surface area (Å²) < 4.78 is 0. The van der Waals surface area contributed by atoms with Crippen LogP contribution in [0.1, 0.15) is 57.4 Å². The van der Waals surface area contributed by atoms with Gasteiger partial charge in [-0.3, -0.25) is 9.78 Å². The molecule has 118 valence electrons. The predicted molar refractivity (Wildman–Crippen MR) is 88.7 cm³/mol. The van der Waals surface area contributed by atoms with E-state index in [4.69, 9.17) is 0 Å². The maximum absolute atomic E-state index is 12.6. The van der Waals surface area contributed by atoms with E-state index in [0.717, 1.165) is 44.6 Å². The van der Waals surface area contributed by atoms with Crippen LogP contribution in [0.25, 0.3) is 0 Å². The first-order chi connectivity index (χ1) is 10.2. The van der Waals surface area contributed by atoms with E-state index in [1.165, 1.54) is 0 Å². The van der Waals surface area contributed by atoms with E-state index in [-0.39, 0.29) is 5.91 Å². The lowest BCUT2D eigenvalue weighted by atomic mass is 10.0. The van der Waals surface area contributed by atoms with Gasteiger partial charge in [0.05, 0.1) is 0 Å². The summed E-state index contributed by atoms with van der Waals surface area (Å²) in [5.74, 6) is 0.597. The summed E-state index contributed by atoms with van der Waals surface area (Å²) in [5.41, 5.74) is 1.50. The maximum atomic E-state index is 12.6. The van der Waals surface area contributed by atoms with Crippen molar-refractivity contribution in [1.29, 1.82) is 0 Å². The fourth-order valence-electron chi connectivity index (χ4n) is 2.30. The largest absolute Gasteiger partial charge is 0.385 e. The van der Waals surface area contributed by atoms with Crippen molar-refractivity contribution in [3.8, 4) is 0 Å². The van der Waals surface area contributed by atoms with E-state index in [2.05, 4.69) is 31.1 Å². The molecule has 0 aromatic carbocycles. The average molecular weight is 291 g/mol. The zero-order valence-corrected chi connectivity index (χ0v) is 13.9. The van der Waals surface area contributed by atoms with Crippen molar-refractivity contribution in [2.45, 2.75) is 47.0 Å². The molecule has 0 bridgehead atoms. The predicted octanol–water partition coefficient (Wildman–Crippen LogP) is 3.80. The van der Waals surface area contributed by atoms with Gasteiger partial charge in [0.1, 0.15) is 5.69 Å². The first-order valence-corrected chi connectivity index (χ1v) is 8.15. The molecule has 1 aromatic heterocycles. The molecule has 4 heteroatoms. The lowest BCUT2D eigenvalue weighted by molar-refractivity contribution is 0.0729. The lowest BCUT2D eigenvalue weighted by Crippen LogP contribution is -2.35. The van der Waals surface area contributed by atoms with Gasteiger partial charge in [0.25, 0.3) is 5.91 Å². The number of carbonyl (C=O) groups is 1. The number of nitrogens with zero attached hydrogens (tertiary/aromatic N) is 2. The summed E-state index contributed by atoms with van der Waals surface area (Å²) in [6, 6.07) is 3.76. The Morgan fingerprint density at radius 1 is 1.29 bits per heavy atom. The highest BCUT2D eigenvalue weighted by Crippen LogP contribution is 2.14. The minimum atomic E-state index is 0.0320. The molecule has 1 heterocycles. The molecule has 0 saturated heterocycles. The average Bonchev–Trinajstić information content (AvgIpc) is 2.54. The Labute approximate surface area is 129 Å². The Morgan fingerprint density at radius 3 is 2.57 bits per heavy atom.